The molecule has 1 fully saturated rings. The minimum Gasteiger partial charge on any atom is -0.331 e. The maximum Gasteiger partial charge on any atom is 0.126 e. The number of imidazole rings is 1. The van der Waals surface area contributed by atoms with Gasteiger partial charge in [0.05, 0.1) is 6.04 Å². The fraction of sp³-hybridized carbons (Fsp3) is 0.750. The van der Waals surface area contributed by atoms with Gasteiger partial charge in [0.1, 0.15) is 5.82 Å². The summed E-state index contributed by atoms with van der Waals surface area (Å²) < 4.78 is 2.47. The number of aryl methyl sites for hydroxylation is 1. The van der Waals surface area contributed by atoms with E-state index in [0.717, 1.165) is 0 Å². The summed E-state index contributed by atoms with van der Waals surface area (Å²) in [6, 6.07) is 0.580. The molecule has 0 saturated carbocycles. The van der Waals surface area contributed by atoms with Crippen LogP contribution in [0.15, 0.2) is 6.20 Å². The van der Waals surface area contributed by atoms with Gasteiger partial charge >= 0.3 is 0 Å². The molecule has 3 nitrogen and oxygen atoms in total. The second kappa shape index (κ2) is 3.63. The molecule has 82 valence electrons. The molecule has 1 atom stereocenters. The first-order valence-electron chi connectivity index (χ1n) is 6.11. The van der Waals surface area contributed by atoms with E-state index in [9.17, 15) is 0 Å². The molecule has 0 spiro atoms. The first-order chi connectivity index (χ1) is 7.36. The zero-order valence-electron chi connectivity index (χ0n) is 9.45. The van der Waals surface area contributed by atoms with Crippen molar-refractivity contribution in [2.24, 2.45) is 0 Å². The summed E-state index contributed by atoms with van der Waals surface area (Å²) >= 11 is 0. The largest absolute Gasteiger partial charge is 0.331 e. The SMILES string of the molecule is CN1CCCC1c1ncc2n1CCCC2. The highest BCUT2D eigenvalue weighted by Crippen LogP contribution is 2.31. The number of hydrogen-bond donors (Lipinski definition) is 0. The summed E-state index contributed by atoms with van der Waals surface area (Å²) in [7, 11) is 2.22. The minimum absolute atomic E-state index is 0.580. The smallest absolute Gasteiger partial charge is 0.126 e. The first kappa shape index (κ1) is 9.40. The van der Waals surface area contributed by atoms with Gasteiger partial charge < -0.3 is 4.57 Å². The summed E-state index contributed by atoms with van der Waals surface area (Å²) in [5, 5.41) is 0. The lowest BCUT2D eigenvalue weighted by Crippen LogP contribution is -2.23. The summed E-state index contributed by atoms with van der Waals surface area (Å²) in [6.07, 6.45) is 8.60. The number of aromatic nitrogens is 2. The number of hydrogen-bond acceptors (Lipinski definition) is 2. The van der Waals surface area contributed by atoms with E-state index < -0.39 is 0 Å². The molecule has 2 aliphatic rings. The molecular weight excluding hydrogens is 186 g/mol. The van der Waals surface area contributed by atoms with Gasteiger partial charge in [-0.1, -0.05) is 0 Å². The Balaban J connectivity index is 1.94. The minimum atomic E-state index is 0.580. The van der Waals surface area contributed by atoms with Gasteiger partial charge in [-0.3, -0.25) is 4.90 Å². The van der Waals surface area contributed by atoms with Crippen LogP contribution in [0, 0.1) is 0 Å². The van der Waals surface area contributed by atoms with E-state index in [-0.39, 0.29) is 0 Å². The van der Waals surface area contributed by atoms with Crippen molar-refractivity contribution in [1.82, 2.24) is 14.5 Å². The zero-order chi connectivity index (χ0) is 10.3. The highest BCUT2D eigenvalue weighted by Gasteiger charge is 2.28. The van der Waals surface area contributed by atoms with Gasteiger partial charge in [0.15, 0.2) is 0 Å². The van der Waals surface area contributed by atoms with Crippen LogP contribution in [0.4, 0.5) is 0 Å². The average molecular weight is 205 g/mol. The van der Waals surface area contributed by atoms with Gasteiger partial charge in [0, 0.05) is 18.4 Å². The van der Waals surface area contributed by atoms with Crippen molar-refractivity contribution in [1.29, 1.82) is 0 Å². The molecule has 0 amide bonds. The predicted molar refractivity (Wildman–Crippen MR) is 59.8 cm³/mol. The molecule has 1 saturated heterocycles. The third-order valence-corrected chi connectivity index (χ3v) is 3.85. The maximum absolute atomic E-state index is 4.65. The van der Waals surface area contributed by atoms with Crippen LogP contribution in [0.1, 0.15) is 43.2 Å². The van der Waals surface area contributed by atoms with E-state index in [1.807, 2.05) is 0 Å². The molecule has 3 heteroatoms. The third kappa shape index (κ3) is 1.49. The van der Waals surface area contributed by atoms with Crippen LogP contribution in [0.2, 0.25) is 0 Å². The van der Waals surface area contributed by atoms with Crippen LogP contribution in [0.3, 0.4) is 0 Å². The van der Waals surface area contributed by atoms with Crippen LogP contribution < -0.4 is 0 Å². The lowest BCUT2D eigenvalue weighted by molar-refractivity contribution is 0.294. The van der Waals surface area contributed by atoms with Gasteiger partial charge in [-0.25, -0.2) is 4.98 Å². The normalized spacial score (nSPS) is 26.9. The Kier molecular flexibility index (Phi) is 2.28. The van der Waals surface area contributed by atoms with E-state index in [1.165, 1.54) is 56.7 Å². The summed E-state index contributed by atoms with van der Waals surface area (Å²) in [6.45, 7) is 2.42. The highest BCUT2D eigenvalue weighted by atomic mass is 15.2. The monoisotopic (exact) mass is 205 g/mol. The van der Waals surface area contributed by atoms with Gasteiger partial charge in [-0.2, -0.15) is 0 Å². The molecule has 0 radical (unpaired) electrons. The quantitative estimate of drug-likeness (QED) is 0.699. The fourth-order valence-electron chi connectivity index (χ4n) is 2.96. The zero-order valence-corrected chi connectivity index (χ0v) is 9.45. The Morgan fingerprint density at radius 3 is 3.00 bits per heavy atom. The van der Waals surface area contributed by atoms with Crippen LogP contribution in [0.5, 0.6) is 0 Å². The molecular formula is C12H19N3. The van der Waals surface area contributed by atoms with E-state index in [2.05, 4.69) is 27.7 Å². The Morgan fingerprint density at radius 2 is 2.20 bits per heavy atom. The van der Waals surface area contributed by atoms with E-state index in [1.54, 1.807) is 0 Å². The lowest BCUT2D eigenvalue weighted by Gasteiger charge is -2.23. The van der Waals surface area contributed by atoms with Crippen molar-refractivity contribution in [3.63, 3.8) is 0 Å². The Morgan fingerprint density at radius 1 is 1.27 bits per heavy atom. The number of rotatable bonds is 1. The molecule has 1 aromatic rings. The first-order valence-corrected chi connectivity index (χ1v) is 6.11. The van der Waals surface area contributed by atoms with Gasteiger partial charge in [-0.15, -0.1) is 0 Å². The molecule has 3 rings (SSSR count). The van der Waals surface area contributed by atoms with E-state index >= 15 is 0 Å². The topological polar surface area (TPSA) is 21.1 Å². The summed E-state index contributed by atoms with van der Waals surface area (Å²) in [4.78, 5) is 7.10. The van der Waals surface area contributed by atoms with Gasteiger partial charge in [0.25, 0.3) is 0 Å². The maximum atomic E-state index is 4.65. The van der Waals surface area contributed by atoms with E-state index in [4.69, 9.17) is 0 Å². The lowest BCUT2D eigenvalue weighted by atomic mass is 10.1. The second-order valence-electron chi connectivity index (χ2n) is 4.86. The standard InChI is InChI=1S/C12H19N3/c1-14-7-4-6-11(14)12-13-9-10-5-2-3-8-15(10)12/h9,11H,2-8H2,1H3. The van der Waals surface area contributed by atoms with Gasteiger partial charge in [-0.05, 0) is 45.7 Å². The number of nitrogens with zero attached hydrogens (tertiary/aromatic N) is 3. The Hall–Kier alpha value is -0.830. The Bertz CT molecular complexity index is 356. The van der Waals surface area contributed by atoms with Crippen molar-refractivity contribution < 1.29 is 0 Å². The number of fused-ring (bicyclic) bond motifs is 1. The van der Waals surface area contributed by atoms with Crippen LogP contribution >= 0.6 is 0 Å². The highest BCUT2D eigenvalue weighted by molar-refractivity contribution is 5.12. The Labute approximate surface area is 91.1 Å². The van der Waals surface area contributed by atoms with E-state index in [0.29, 0.717) is 6.04 Å². The molecule has 2 aliphatic heterocycles. The molecule has 0 aliphatic carbocycles. The van der Waals surface area contributed by atoms with Crippen LogP contribution in [-0.2, 0) is 13.0 Å². The molecule has 0 N–H and O–H groups in total. The van der Waals surface area contributed by atoms with Crippen molar-refractivity contribution >= 4 is 0 Å². The molecule has 1 aromatic heterocycles. The molecule has 1 unspecified atom stereocenters. The summed E-state index contributed by atoms with van der Waals surface area (Å²) in [5.74, 6) is 1.32. The molecule has 15 heavy (non-hydrogen) atoms. The van der Waals surface area contributed by atoms with Crippen molar-refractivity contribution in [2.75, 3.05) is 13.6 Å². The third-order valence-electron chi connectivity index (χ3n) is 3.85. The molecule has 0 bridgehead atoms. The van der Waals surface area contributed by atoms with Crippen molar-refractivity contribution in [3.05, 3.63) is 17.7 Å². The predicted octanol–water partition coefficient (Wildman–Crippen LogP) is 1.99. The summed E-state index contributed by atoms with van der Waals surface area (Å²) in [5.41, 5.74) is 1.46. The van der Waals surface area contributed by atoms with Crippen LogP contribution in [-0.4, -0.2) is 28.0 Å². The van der Waals surface area contributed by atoms with Crippen molar-refractivity contribution in [3.8, 4) is 0 Å². The van der Waals surface area contributed by atoms with Gasteiger partial charge in [0.2, 0.25) is 0 Å². The fourth-order valence-corrected chi connectivity index (χ4v) is 2.96. The average Bonchev–Trinajstić information content (AvgIpc) is 2.83. The second-order valence-corrected chi connectivity index (χ2v) is 4.86. The molecule has 3 heterocycles. The molecule has 0 aromatic carbocycles. The number of likely N-dealkylation sites (tertiary alicyclic amines) is 1. The van der Waals surface area contributed by atoms with Crippen LogP contribution in [0.25, 0.3) is 0 Å². The van der Waals surface area contributed by atoms with Crippen molar-refractivity contribution in [2.45, 2.75) is 44.7 Å².